The van der Waals surface area contributed by atoms with Gasteiger partial charge in [-0.25, -0.2) is 4.98 Å². The lowest BCUT2D eigenvalue weighted by Gasteiger charge is -2.22. The minimum atomic E-state index is 0.102. The Labute approximate surface area is 126 Å². The number of nitrogens with zero attached hydrogens (tertiary/aromatic N) is 2. The van der Waals surface area contributed by atoms with Gasteiger partial charge in [0.15, 0.2) is 0 Å². The van der Waals surface area contributed by atoms with E-state index in [1.807, 2.05) is 22.8 Å². The van der Waals surface area contributed by atoms with E-state index in [2.05, 4.69) is 20.9 Å². The monoisotopic (exact) mass is 332 g/mol. The van der Waals surface area contributed by atoms with Crippen molar-refractivity contribution < 1.29 is 0 Å². The summed E-state index contributed by atoms with van der Waals surface area (Å²) < 4.78 is 2.78. The lowest BCUT2D eigenvalue weighted by molar-refractivity contribution is 0.292. The Kier molecular flexibility index (Phi) is 2.95. The first kappa shape index (κ1) is 12.6. The van der Waals surface area contributed by atoms with E-state index in [4.69, 9.17) is 0 Å². The highest BCUT2D eigenvalue weighted by Crippen LogP contribution is 2.48. The molecule has 104 valence electrons. The zero-order valence-corrected chi connectivity index (χ0v) is 12.8. The van der Waals surface area contributed by atoms with Crippen molar-refractivity contribution in [3.8, 4) is 0 Å². The van der Waals surface area contributed by atoms with E-state index in [1.165, 1.54) is 25.7 Å². The van der Waals surface area contributed by atoms with Gasteiger partial charge in [-0.05, 0) is 55.2 Å². The van der Waals surface area contributed by atoms with E-state index in [0.29, 0.717) is 5.92 Å². The third kappa shape index (κ3) is 2.01. The van der Waals surface area contributed by atoms with Crippen LogP contribution in [0, 0.1) is 17.8 Å². The lowest BCUT2D eigenvalue weighted by Crippen LogP contribution is -2.26. The van der Waals surface area contributed by atoms with Crippen molar-refractivity contribution >= 4 is 26.8 Å². The van der Waals surface area contributed by atoms with Crippen LogP contribution in [0.15, 0.2) is 33.8 Å². The van der Waals surface area contributed by atoms with Crippen LogP contribution in [0.25, 0.3) is 10.9 Å². The number of halogens is 1. The highest BCUT2D eigenvalue weighted by Gasteiger charge is 2.39. The zero-order chi connectivity index (χ0) is 13.7. The number of fused-ring (bicyclic) bond motifs is 3. The van der Waals surface area contributed by atoms with Gasteiger partial charge < -0.3 is 0 Å². The SMILES string of the molecule is O=c1c2ccc(Br)cc2ncn1CC1CC2CCC1C2. The van der Waals surface area contributed by atoms with Crippen LogP contribution in [-0.4, -0.2) is 9.55 Å². The molecule has 0 radical (unpaired) electrons. The first-order chi connectivity index (χ1) is 9.70. The predicted octanol–water partition coefficient (Wildman–Crippen LogP) is 3.60. The fourth-order valence-corrected chi connectivity index (χ4v) is 4.46. The Morgan fingerprint density at radius 3 is 2.95 bits per heavy atom. The van der Waals surface area contributed by atoms with E-state index in [-0.39, 0.29) is 5.56 Å². The Morgan fingerprint density at radius 1 is 1.30 bits per heavy atom. The van der Waals surface area contributed by atoms with Crippen LogP contribution in [0.5, 0.6) is 0 Å². The highest BCUT2D eigenvalue weighted by atomic mass is 79.9. The van der Waals surface area contributed by atoms with Crippen molar-refractivity contribution in [3.05, 3.63) is 39.4 Å². The smallest absolute Gasteiger partial charge is 0.261 e. The molecule has 1 heterocycles. The molecular weight excluding hydrogens is 316 g/mol. The molecular formula is C16H17BrN2O. The van der Waals surface area contributed by atoms with Crippen LogP contribution in [-0.2, 0) is 6.54 Å². The largest absolute Gasteiger partial charge is 0.298 e. The molecule has 2 fully saturated rings. The van der Waals surface area contributed by atoms with Crippen molar-refractivity contribution in [2.75, 3.05) is 0 Å². The minimum absolute atomic E-state index is 0.102. The summed E-state index contributed by atoms with van der Waals surface area (Å²) >= 11 is 3.42. The summed E-state index contributed by atoms with van der Waals surface area (Å²) in [4.78, 5) is 17.0. The quantitative estimate of drug-likeness (QED) is 0.842. The van der Waals surface area contributed by atoms with Gasteiger partial charge in [0.1, 0.15) is 0 Å². The zero-order valence-electron chi connectivity index (χ0n) is 11.3. The van der Waals surface area contributed by atoms with Crippen LogP contribution in [0.1, 0.15) is 25.7 Å². The van der Waals surface area contributed by atoms with Gasteiger partial charge in [0.2, 0.25) is 0 Å². The normalized spacial score (nSPS) is 28.4. The number of rotatable bonds is 2. The Hall–Kier alpha value is -1.16. The van der Waals surface area contributed by atoms with E-state index < -0.39 is 0 Å². The first-order valence-electron chi connectivity index (χ1n) is 7.35. The molecule has 2 bridgehead atoms. The van der Waals surface area contributed by atoms with E-state index in [9.17, 15) is 4.79 Å². The van der Waals surface area contributed by atoms with Crippen molar-refractivity contribution in [1.29, 1.82) is 0 Å². The Morgan fingerprint density at radius 2 is 2.20 bits per heavy atom. The van der Waals surface area contributed by atoms with Crippen LogP contribution in [0.3, 0.4) is 0 Å². The molecule has 1 aromatic carbocycles. The molecule has 4 heteroatoms. The van der Waals surface area contributed by atoms with E-state index in [0.717, 1.165) is 33.8 Å². The first-order valence-corrected chi connectivity index (χ1v) is 8.15. The fourth-order valence-electron chi connectivity index (χ4n) is 4.11. The molecule has 0 spiro atoms. The van der Waals surface area contributed by atoms with Gasteiger partial charge in [0, 0.05) is 11.0 Å². The number of hydrogen-bond donors (Lipinski definition) is 0. The third-order valence-corrected chi connectivity index (χ3v) is 5.60. The average molecular weight is 333 g/mol. The van der Waals surface area contributed by atoms with Gasteiger partial charge in [-0.2, -0.15) is 0 Å². The molecule has 2 saturated carbocycles. The molecule has 4 rings (SSSR count). The minimum Gasteiger partial charge on any atom is -0.298 e. The van der Waals surface area contributed by atoms with Gasteiger partial charge in [-0.3, -0.25) is 9.36 Å². The summed E-state index contributed by atoms with van der Waals surface area (Å²) in [5.74, 6) is 2.44. The predicted molar refractivity (Wildman–Crippen MR) is 82.6 cm³/mol. The molecule has 3 unspecified atom stereocenters. The molecule has 2 aromatic rings. The molecule has 0 amide bonds. The summed E-state index contributed by atoms with van der Waals surface area (Å²) in [7, 11) is 0. The molecule has 0 saturated heterocycles. The second-order valence-electron chi connectivity index (χ2n) is 6.30. The van der Waals surface area contributed by atoms with Gasteiger partial charge >= 0.3 is 0 Å². The molecule has 2 aliphatic rings. The lowest BCUT2D eigenvalue weighted by atomic mass is 9.89. The summed E-state index contributed by atoms with van der Waals surface area (Å²) in [6.07, 6.45) is 7.17. The van der Waals surface area contributed by atoms with Gasteiger partial charge in [0.25, 0.3) is 5.56 Å². The molecule has 0 aliphatic heterocycles. The fraction of sp³-hybridized carbons (Fsp3) is 0.500. The van der Waals surface area contributed by atoms with Crippen molar-refractivity contribution in [2.45, 2.75) is 32.2 Å². The molecule has 2 aliphatic carbocycles. The van der Waals surface area contributed by atoms with E-state index >= 15 is 0 Å². The molecule has 20 heavy (non-hydrogen) atoms. The molecule has 3 atom stereocenters. The van der Waals surface area contributed by atoms with Crippen LogP contribution >= 0.6 is 15.9 Å². The topological polar surface area (TPSA) is 34.9 Å². The van der Waals surface area contributed by atoms with Gasteiger partial charge in [0.05, 0.1) is 17.2 Å². The second kappa shape index (κ2) is 4.69. The maximum Gasteiger partial charge on any atom is 0.261 e. The van der Waals surface area contributed by atoms with Crippen LogP contribution in [0.2, 0.25) is 0 Å². The highest BCUT2D eigenvalue weighted by molar-refractivity contribution is 9.10. The van der Waals surface area contributed by atoms with Gasteiger partial charge in [-0.15, -0.1) is 0 Å². The van der Waals surface area contributed by atoms with Crippen molar-refractivity contribution in [3.63, 3.8) is 0 Å². The van der Waals surface area contributed by atoms with Crippen molar-refractivity contribution in [1.82, 2.24) is 9.55 Å². The summed E-state index contributed by atoms with van der Waals surface area (Å²) in [6, 6.07) is 5.68. The standard InChI is InChI=1S/C16H17BrN2O/c17-13-3-4-14-15(7-13)18-9-19(16(14)20)8-12-6-10-1-2-11(12)5-10/h3-4,7,9-12H,1-2,5-6,8H2. The van der Waals surface area contributed by atoms with E-state index in [1.54, 1.807) is 6.33 Å². The summed E-state index contributed by atoms with van der Waals surface area (Å²) in [5.41, 5.74) is 0.874. The number of benzene rings is 1. The molecule has 1 aromatic heterocycles. The summed E-state index contributed by atoms with van der Waals surface area (Å²) in [6.45, 7) is 0.846. The molecule has 3 nitrogen and oxygen atoms in total. The van der Waals surface area contributed by atoms with Crippen LogP contribution < -0.4 is 5.56 Å². The third-order valence-electron chi connectivity index (χ3n) is 5.10. The average Bonchev–Trinajstić information content (AvgIpc) is 3.04. The number of aromatic nitrogens is 2. The number of hydrogen-bond acceptors (Lipinski definition) is 2. The van der Waals surface area contributed by atoms with Gasteiger partial charge in [-0.1, -0.05) is 22.4 Å². The molecule has 0 N–H and O–H groups in total. The van der Waals surface area contributed by atoms with Crippen molar-refractivity contribution in [2.24, 2.45) is 17.8 Å². The maximum absolute atomic E-state index is 12.5. The Balaban J connectivity index is 1.68. The Bertz CT molecular complexity index is 724. The summed E-state index contributed by atoms with van der Waals surface area (Å²) in [5, 5.41) is 0.721. The van der Waals surface area contributed by atoms with Crippen LogP contribution in [0.4, 0.5) is 0 Å². The second-order valence-corrected chi connectivity index (χ2v) is 7.21. The maximum atomic E-state index is 12.5.